The number of likely N-dealkylation sites (tertiary alicyclic amines) is 1. The van der Waals surface area contributed by atoms with E-state index in [1.54, 1.807) is 6.07 Å². The van der Waals surface area contributed by atoms with Gasteiger partial charge in [-0.2, -0.15) is 0 Å². The fraction of sp³-hybridized carbons (Fsp3) is 0.680. The fourth-order valence-electron chi connectivity index (χ4n) is 5.40. The molecule has 1 aromatic carbocycles. The van der Waals surface area contributed by atoms with Gasteiger partial charge in [-0.3, -0.25) is 4.79 Å². The second-order valence-corrected chi connectivity index (χ2v) is 10.4. The van der Waals surface area contributed by atoms with Crippen LogP contribution in [0.25, 0.3) is 0 Å². The van der Waals surface area contributed by atoms with E-state index in [1.807, 2.05) is 32.0 Å². The summed E-state index contributed by atoms with van der Waals surface area (Å²) in [6.45, 7) is 7.01. The Balaban J connectivity index is 1.35. The lowest BCUT2D eigenvalue weighted by Gasteiger charge is -2.35. The molecule has 1 aromatic rings. The van der Waals surface area contributed by atoms with Crippen molar-refractivity contribution in [2.75, 3.05) is 19.6 Å². The molecule has 2 fully saturated rings. The summed E-state index contributed by atoms with van der Waals surface area (Å²) in [7, 11) is 0. The Hall–Kier alpha value is -1.59. The molecule has 0 spiro atoms. The van der Waals surface area contributed by atoms with Crippen LogP contribution >= 0.6 is 11.6 Å². The van der Waals surface area contributed by atoms with E-state index in [9.17, 15) is 9.59 Å². The molecule has 1 aliphatic carbocycles. The van der Waals surface area contributed by atoms with Crippen molar-refractivity contribution >= 4 is 23.5 Å². The minimum Gasteiger partial charge on any atom is -0.444 e. The number of nitrogens with zero attached hydrogens (tertiary/aromatic N) is 1. The molecule has 1 heterocycles. The van der Waals surface area contributed by atoms with Gasteiger partial charge in [-0.25, -0.2) is 4.79 Å². The standard InChI is InChI=1S/C25H37ClN2O3/c1-25(2,31-24(27)30)17-19-9-7-18(8-10-19)11-14-28-15-12-20(13-16-28)23(29)21-5-3-4-6-22(21)26/h3-6,18-20H,7-17H2,1-2H3,(H2,27,30)/t18-,19-. The lowest BCUT2D eigenvalue weighted by atomic mass is 9.76. The van der Waals surface area contributed by atoms with Crippen molar-refractivity contribution in [2.24, 2.45) is 23.5 Å². The van der Waals surface area contributed by atoms with Crippen LogP contribution in [-0.4, -0.2) is 42.0 Å². The summed E-state index contributed by atoms with van der Waals surface area (Å²) in [6.07, 6.45) is 8.17. The Kier molecular flexibility index (Phi) is 8.40. The molecule has 0 bridgehead atoms. The third-order valence-electron chi connectivity index (χ3n) is 7.07. The highest BCUT2D eigenvalue weighted by molar-refractivity contribution is 6.34. The summed E-state index contributed by atoms with van der Waals surface area (Å²) in [5, 5.41) is 0.565. The summed E-state index contributed by atoms with van der Waals surface area (Å²) < 4.78 is 5.26. The Morgan fingerprint density at radius 1 is 1.06 bits per heavy atom. The van der Waals surface area contributed by atoms with Gasteiger partial charge < -0.3 is 15.4 Å². The quantitative estimate of drug-likeness (QED) is 0.518. The van der Waals surface area contributed by atoms with Crippen LogP contribution in [0.1, 0.15) is 75.6 Å². The number of Topliss-reactive ketones (excluding diaryl/α,β-unsaturated/α-hetero) is 1. The molecule has 31 heavy (non-hydrogen) atoms. The molecule has 1 saturated carbocycles. The first-order chi connectivity index (χ1) is 14.7. The maximum Gasteiger partial charge on any atom is 0.405 e. The van der Waals surface area contributed by atoms with Crippen LogP contribution in [0.15, 0.2) is 24.3 Å². The second-order valence-electron chi connectivity index (χ2n) is 10.0. The van der Waals surface area contributed by atoms with Gasteiger partial charge >= 0.3 is 6.09 Å². The topological polar surface area (TPSA) is 72.6 Å². The van der Waals surface area contributed by atoms with E-state index < -0.39 is 11.7 Å². The molecule has 1 saturated heterocycles. The van der Waals surface area contributed by atoms with Crippen molar-refractivity contribution in [1.82, 2.24) is 4.90 Å². The van der Waals surface area contributed by atoms with Gasteiger partial charge in [-0.15, -0.1) is 0 Å². The average molecular weight is 449 g/mol. The molecule has 172 valence electrons. The highest BCUT2D eigenvalue weighted by atomic mass is 35.5. The predicted octanol–water partition coefficient (Wildman–Crippen LogP) is 5.70. The van der Waals surface area contributed by atoms with E-state index in [-0.39, 0.29) is 11.7 Å². The van der Waals surface area contributed by atoms with Crippen LogP contribution in [0, 0.1) is 17.8 Å². The number of piperidine rings is 1. The minimum atomic E-state index is -0.684. The molecule has 2 N–H and O–H groups in total. The van der Waals surface area contributed by atoms with Crippen molar-refractivity contribution in [3.63, 3.8) is 0 Å². The van der Waals surface area contributed by atoms with Crippen LogP contribution in [0.3, 0.4) is 0 Å². The molecule has 3 rings (SSSR count). The molecule has 0 atom stereocenters. The lowest BCUT2D eigenvalue weighted by molar-refractivity contribution is 0.0192. The van der Waals surface area contributed by atoms with Crippen molar-refractivity contribution in [2.45, 2.75) is 70.8 Å². The third kappa shape index (κ3) is 7.21. The average Bonchev–Trinajstić information content (AvgIpc) is 2.72. The zero-order valence-corrected chi connectivity index (χ0v) is 19.7. The van der Waals surface area contributed by atoms with Gasteiger partial charge in [0.15, 0.2) is 5.78 Å². The summed E-state index contributed by atoms with van der Waals surface area (Å²) in [4.78, 5) is 26.4. The highest BCUT2D eigenvalue weighted by Crippen LogP contribution is 2.36. The molecule has 2 aliphatic rings. The molecule has 5 nitrogen and oxygen atoms in total. The number of nitrogens with two attached hydrogens (primary N) is 1. The summed E-state index contributed by atoms with van der Waals surface area (Å²) >= 11 is 6.21. The Morgan fingerprint density at radius 2 is 1.68 bits per heavy atom. The molecule has 0 unspecified atom stereocenters. The van der Waals surface area contributed by atoms with Gasteiger partial charge in [0, 0.05) is 11.5 Å². The van der Waals surface area contributed by atoms with Gasteiger partial charge in [0.05, 0.1) is 5.02 Å². The number of amides is 1. The van der Waals surface area contributed by atoms with E-state index >= 15 is 0 Å². The first-order valence-corrected chi connectivity index (χ1v) is 12.1. The SMILES string of the molecule is CC(C)(C[C@H]1CC[C@H](CCN2CCC(C(=O)c3ccccc3Cl)CC2)CC1)OC(N)=O. The second kappa shape index (κ2) is 10.8. The number of hydrogen-bond acceptors (Lipinski definition) is 4. The predicted molar refractivity (Wildman–Crippen MR) is 124 cm³/mol. The number of carbonyl (C=O) groups excluding carboxylic acids is 2. The van der Waals surface area contributed by atoms with Crippen molar-refractivity contribution < 1.29 is 14.3 Å². The number of ether oxygens (including phenoxy) is 1. The summed E-state index contributed by atoms with van der Waals surface area (Å²) in [5.41, 5.74) is 5.38. The number of carbonyl (C=O) groups is 2. The zero-order valence-electron chi connectivity index (χ0n) is 18.9. The van der Waals surface area contributed by atoms with Crippen LogP contribution in [0.4, 0.5) is 4.79 Å². The first-order valence-electron chi connectivity index (χ1n) is 11.7. The van der Waals surface area contributed by atoms with Gasteiger partial charge in [-0.1, -0.05) is 49.4 Å². The van der Waals surface area contributed by atoms with Crippen LogP contribution in [-0.2, 0) is 4.74 Å². The highest BCUT2D eigenvalue weighted by Gasteiger charge is 2.31. The van der Waals surface area contributed by atoms with E-state index in [0.717, 1.165) is 44.8 Å². The minimum absolute atomic E-state index is 0.0950. The number of halogens is 1. The van der Waals surface area contributed by atoms with Gasteiger partial charge in [0.2, 0.25) is 0 Å². The van der Waals surface area contributed by atoms with E-state index in [0.29, 0.717) is 16.5 Å². The fourth-order valence-corrected chi connectivity index (χ4v) is 5.63. The number of benzene rings is 1. The molecule has 0 radical (unpaired) electrons. The van der Waals surface area contributed by atoms with E-state index in [4.69, 9.17) is 22.1 Å². The monoisotopic (exact) mass is 448 g/mol. The van der Waals surface area contributed by atoms with Crippen LogP contribution in [0.5, 0.6) is 0 Å². The Bertz CT molecular complexity index is 751. The van der Waals surface area contributed by atoms with Crippen LogP contribution in [0.2, 0.25) is 5.02 Å². The maximum atomic E-state index is 12.8. The number of primary amides is 1. The zero-order chi connectivity index (χ0) is 22.4. The normalized spacial score (nSPS) is 23.5. The Morgan fingerprint density at radius 3 is 2.29 bits per heavy atom. The van der Waals surface area contributed by atoms with Gasteiger partial charge in [0.1, 0.15) is 5.60 Å². The summed E-state index contributed by atoms with van der Waals surface area (Å²) in [5.74, 6) is 1.68. The largest absolute Gasteiger partial charge is 0.444 e. The van der Waals surface area contributed by atoms with Crippen molar-refractivity contribution in [3.05, 3.63) is 34.9 Å². The number of hydrogen-bond donors (Lipinski definition) is 1. The molecule has 1 aliphatic heterocycles. The lowest BCUT2D eigenvalue weighted by Crippen LogP contribution is -2.38. The molecule has 6 heteroatoms. The summed E-state index contributed by atoms with van der Waals surface area (Å²) in [6, 6.07) is 7.39. The Labute approximate surface area is 191 Å². The number of rotatable bonds is 8. The van der Waals surface area contributed by atoms with Gasteiger partial charge in [0.25, 0.3) is 0 Å². The van der Waals surface area contributed by atoms with E-state index in [2.05, 4.69) is 4.90 Å². The van der Waals surface area contributed by atoms with Crippen molar-refractivity contribution in [1.29, 1.82) is 0 Å². The van der Waals surface area contributed by atoms with E-state index in [1.165, 1.54) is 32.1 Å². The van der Waals surface area contributed by atoms with Crippen LogP contribution < -0.4 is 5.73 Å². The molecular formula is C25H37ClN2O3. The van der Waals surface area contributed by atoms with Crippen molar-refractivity contribution in [3.8, 4) is 0 Å². The van der Waals surface area contributed by atoms with Gasteiger partial charge in [-0.05, 0) is 83.1 Å². The molecule has 0 aromatic heterocycles. The number of ketones is 1. The molecule has 1 amide bonds. The first kappa shape index (κ1) is 24.1. The maximum absolute atomic E-state index is 12.8. The third-order valence-corrected chi connectivity index (χ3v) is 7.40. The smallest absolute Gasteiger partial charge is 0.405 e. The molecular weight excluding hydrogens is 412 g/mol.